The van der Waals surface area contributed by atoms with Crippen LogP contribution in [0.3, 0.4) is 0 Å². The van der Waals surface area contributed by atoms with Crippen molar-refractivity contribution >= 4 is 17.3 Å². The maximum Gasteiger partial charge on any atom is 0.106 e. The van der Waals surface area contributed by atoms with Crippen molar-refractivity contribution in [2.24, 2.45) is 0 Å². The molecule has 2 aromatic rings. The molecule has 1 aromatic heterocycles. The number of benzene rings is 1. The summed E-state index contributed by atoms with van der Waals surface area (Å²) in [6.45, 7) is 4.75. The molecule has 0 saturated carbocycles. The van der Waals surface area contributed by atoms with Crippen LogP contribution in [0.2, 0.25) is 5.02 Å². The Kier molecular flexibility index (Phi) is 2.88. The molecule has 16 heavy (non-hydrogen) atoms. The predicted molar refractivity (Wildman–Crippen MR) is 66.7 cm³/mol. The first-order valence-electron chi connectivity index (χ1n) is 5.10. The van der Waals surface area contributed by atoms with Crippen molar-refractivity contribution in [1.29, 1.82) is 0 Å². The summed E-state index contributed by atoms with van der Waals surface area (Å²) in [5.41, 5.74) is 8.53. The van der Waals surface area contributed by atoms with Crippen molar-refractivity contribution in [2.75, 3.05) is 5.73 Å². The smallest absolute Gasteiger partial charge is 0.106 e. The minimum Gasteiger partial charge on any atom is -0.399 e. The normalized spacial score (nSPS) is 10.7. The molecule has 0 atom stereocenters. The van der Waals surface area contributed by atoms with Gasteiger partial charge < -0.3 is 10.3 Å². The van der Waals surface area contributed by atoms with Gasteiger partial charge >= 0.3 is 0 Å². The first-order chi connectivity index (χ1) is 7.58. The van der Waals surface area contributed by atoms with E-state index >= 15 is 0 Å². The quantitative estimate of drug-likeness (QED) is 0.814. The highest BCUT2D eigenvalue weighted by Crippen LogP contribution is 2.21. The number of anilines is 1. The van der Waals surface area contributed by atoms with E-state index in [-0.39, 0.29) is 0 Å². The third kappa shape index (κ3) is 2.04. The molecule has 0 bridgehead atoms. The fraction of sp³-hybridized carbons (Fsp3) is 0.250. The first kappa shape index (κ1) is 11.0. The number of nitrogens with two attached hydrogens (primary N) is 1. The zero-order valence-electron chi connectivity index (χ0n) is 9.37. The molecule has 0 spiro atoms. The van der Waals surface area contributed by atoms with Gasteiger partial charge in [-0.15, -0.1) is 0 Å². The van der Waals surface area contributed by atoms with Gasteiger partial charge in [0.05, 0.1) is 6.54 Å². The standard InChI is InChI=1S/C12H14ClN3/c1-8-6-15-9(2)16(8)7-10-3-4-11(14)5-12(10)13/h3-6H,7,14H2,1-2H3. The zero-order chi connectivity index (χ0) is 11.7. The van der Waals surface area contributed by atoms with Gasteiger partial charge in [0.15, 0.2) is 0 Å². The summed E-state index contributed by atoms with van der Waals surface area (Å²) < 4.78 is 2.12. The van der Waals surface area contributed by atoms with Crippen LogP contribution in [0, 0.1) is 13.8 Å². The summed E-state index contributed by atoms with van der Waals surface area (Å²) in [7, 11) is 0. The van der Waals surface area contributed by atoms with Crippen LogP contribution in [0.25, 0.3) is 0 Å². The molecule has 84 valence electrons. The second-order valence-electron chi connectivity index (χ2n) is 3.88. The summed E-state index contributed by atoms with van der Waals surface area (Å²) in [6, 6.07) is 5.60. The highest BCUT2D eigenvalue weighted by molar-refractivity contribution is 6.31. The number of imidazole rings is 1. The van der Waals surface area contributed by atoms with Crippen LogP contribution in [0.1, 0.15) is 17.1 Å². The van der Waals surface area contributed by atoms with E-state index in [4.69, 9.17) is 17.3 Å². The van der Waals surface area contributed by atoms with Gasteiger partial charge in [-0.1, -0.05) is 17.7 Å². The average molecular weight is 236 g/mol. The van der Waals surface area contributed by atoms with E-state index in [1.807, 2.05) is 32.2 Å². The van der Waals surface area contributed by atoms with Crippen LogP contribution in [0.5, 0.6) is 0 Å². The monoisotopic (exact) mass is 235 g/mol. The lowest BCUT2D eigenvalue weighted by molar-refractivity contribution is 0.738. The molecule has 0 aliphatic carbocycles. The van der Waals surface area contributed by atoms with Crippen molar-refractivity contribution in [3.05, 3.63) is 46.5 Å². The van der Waals surface area contributed by atoms with E-state index < -0.39 is 0 Å². The van der Waals surface area contributed by atoms with Crippen molar-refractivity contribution in [1.82, 2.24) is 9.55 Å². The Morgan fingerprint density at radius 3 is 2.69 bits per heavy atom. The maximum atomic E-state index is 6.14. The van der Waals surface area contributed by atoms with Gasteiger partial charge in [0.2, 0.25) is 0 Å². The third-order valence-electron chi connectivity index (χ3n) is 2.66. The molecule has 2 N–H and O–H groups in total. The Labute approximate surface area is 99.9 Å². The minimum absolute atomic E-state index is 0.688. The third-order valence-corrected chi connectivity index (χ3v) is 3.01. The molecule has 3 nitrogen and oxygen atoms in total. The van der Waals surface area contributed by atoms with Crippen LogP contribution in [0.4, 0.5) is 5.69 Å². The van der Waals surface area contributed by atoms with Crippen LogP contribution >= 0.6 is 11.6 Å². The molecule has 0 aliphatic rings. The molecule has 4 heteroatoms. The van der Waals surface area contributed by atoms with E-state index in [2.05, 4.69) is 9.55 Å². The van der Waals surface area contributed by atoms with Gasteiger partial charge in [-0.05, 0) is 31.5 Å². The second kappa shape index (κ2) is 4.18. The van der Waals surface area contributed by atoms with Gasteiger partial charge in [0.25, 0.3) is 0 Å². The lowest BCUT2D eigenvalue weighted by Crippen LogP contribution is -2.04. The Bertz CT molecular complexity index is 497. The topological polar surface area (TPSA) is 43.8 Å². The fourth-order valence-electron chi connectivity index (χ4n) is 1.68. The number of aromatic nitrogens is 2. The van der Waals surface area contributed by atoms with E-state index in [9.17, 15) is 0 Å². The zero-order valence-corrected chi connectivity index (χ0v) is 10.1. The fourth-order valence-corrected chi connectivity index (χ4v) is 1.93. The number of nitrogen functional groups attached to an aromatic ring is 1. The van der Waals surface area contributed by atoms with Gasteiger partial charge in [-0.2, -0.15) is 0 Å². The molecule has 1 aromatic carbocycles. The molecular weight excluding hydrogens is 222 g/mol. The van der Waals surface area contributed by atoms with Gasteiger partial charge in [-0.3, -0.25) is 0 Å². The van der Waals surface area contributed by atoms with Gasteiger partial charge in [0.1, 0.15) is 5.82 Å². The van der Waals surface area contributed by atoms with E-state index in [1.54, 1.807) is 6.07 Å². The van der Waals surface area contributed by atoms with Gasteiger partial charge in [0, 0.05) is 22.6 Å². The number of hydrogen-bond acceptors (Lipinski definition) is 2. The Balaban J connectivity index is 2.34. The van der Waals surface area contributed by atoms with Crippen molar-refractivity contribution in [2.45, 2.75) is 20.4 Å². The second-order valence-corrected chi connectivity index (χ2v) is 4.29. The molecule has 0 unspecified atom stereocenters. The predicted octanol–water partition coefficient (Wildman–Crippen LogP) is 2.78. The number of hydrogen-bond donors (Lipinski definition) is 1. The molecule has 0 fully saturated rings. The molecule has 2 rings (SSSR count). The Morgan fingerprint density at radius 2 is 2.12 bits per heavy atom. The van der Waals surface area contributed by atoms with E-state index in [1.165, 1.54) is 0 Å². The summed E-state index contributed by atoms with van der Waals surface area (Å²) in [6.07, 6.45) is 1.86. The lowest BCUT2D eigenvalue weighted by atomic mass is 10.2. The molecule has 1 heterocycles. The molecule has 0 aliphatic heterocycles. The number of nitrogens with zero attached hydrogens (tertiary/aromatic N) is 2. The van der Waals surface area contributed by atoms with Crippen molar-refractivity contribution in [3.8, 4) is 0 Å². The Hall–Kier alpha value is -1.48. The average Bonchev–Trinajstić information content (AvgIpc) is 2.53. The van der Waals surface area contributed by atoms with Gasteiger partial charge in [-0.25, -0.2) is 4.98 Å². The largest absolute Gasteiger partial charge is 0.399 e. The van der Waals surface area contributed by atoms with Crippen LogP contribution in [-0.2, 0) is 6.54 Å². The summed E-state index contributed by atoms with van der Waals surface area (Å²) >= 11 is 6.14. The number of rotatable bonds is 2. The first-order valence-corrected chi connectivity index (χ1v) is 5.48. The van der Waals surface area contributed by atoms with Crippen LogP contribution in [0.15, 0.2) is 24.4 Å². The minimum atomic E-state index is 0.688. The van der Waals surface area contributed by atoms with Crippen LogP contribution in [-0.4, -0.2) is 9.55 Å². The highest BCUT2D eigenvalue weighted by atomic mass is 35.5. The van der Waals surface area contributed by atoms with Crippen molar-refractivity contribution < 1.29 is 0 Å². The molecule has 0 saturated heterocycles. The van der Waals surface area contributed by atoms with Crippen molar-refractivity contribution in [3.63, 3.8) is 0 Å². The summed E-state index contributed by atoms with van der Waals surface area (Å²) in [5.74, 6) is 0.991. The number of halogens is 1. The molecular formula is C12H14ClN3. The highest BCUT2D eigenvalue weighted by Gasteiger charge is 2.06. The Morgan fingerprint density at radius 1 is 1.38 bits per heavy atom. The molecule has 0 radical (unpaired) electrons. The van der Waals surface area contributed by atoms with E-state index in [0.717, 1.165) is 23.6 Å². The number of aryl methyl sites for hydroxylation is 2. The summed E-state index contributed by atoms with van der Waals surface area (Å²) in [4.78, 5) is 4.25. The SMILES string of the molecule is Cc1cnc(C)n1Cc1ccc(N)cc1Cl. The maximum absolute atomic E-state index is 6.14. The molecule has 0 amide bonds. The summed E-state index contributed by atoms with van der Waals surface area (Å²) in [5, 5.41) is 0.701. The van der Waals surface area contributed by atoms with E-state index in [0.29, 0.717) is 10.7 Å². The lowest BCUT2D eigenvalue weighted by Gasteiger charge is -2.10. The van der Waals surface area contributed by atoms with Crippen LogP contribution < -0.4 is 5.73 Å².